The first-order valence-electron chi connectivity index (χ1n) is 5.39. The molecular weight excluding hydrogens is 243 g/mol. The summed E-state index contributed by atoms with van der Waals surface area (Å²) in [5.74, 6) is -0.769. The maximum Gasteiger partial charge on any atom is 0.327 e. The number of nitro groups is 1. The summed E-state index contributed by atoms with van der Waals surface area (Å²) in [5, 5.41) is 22.4. The van der Waals surface area contributed by atoms with Gasteiger partial charge in [-0.1, -0.05) is 0 Å². The molecule has 1 aromatic rings. The fraction of sp³-hybridized carbons (Fsp3) is 0.455. The monoisotopic (exact) mass is 258 g/mol. The summed E-state index contributed by atoms with van der Waals surface area (Å²) in [6, 6.07) is 2.09. The van der Waals surface area contributed by atoms with Crippen molar-refractivity contribution in [2.24, 2.45) is 0 Å². The van der Waals surface area contributed by atoms with Gasteiger partial charge in [0, 0.05) is 24.8 Å². The molecule has 6 nitrogen and oxygen atoms in total. The number of aliphatic hydroxyl groups excluding tert-OH is 1. The molecule has 1 atom stereocenters. The lowest BCUT2D eigenvalue weighted by molar-refractivity contribution is -0.386. The lowest BCUT2D eigenvalue weighted by Gasteiger charge is -2.15. The quantitative estimate of drug-likeness (QED) is 0.601. The Morgan fingerprint density at radius 2 is 2.28 bits per heavy atom. The van der Waals surface area contributed by atoms with Crippen LogP contribution < -0.4 is 10.1 Å². The van der Waals surface area contributed by atoms with E-state index in [4.69, 9.17) is 9.84 Å². The second-order valence-corrected chi connectivity index (χ2v) is 3.82. The number of nitro benzene ring substituents is 1. The minimum atomic E-state index is -0.960. The lowest BCUT2D eigenvalue weighted by Crippen LogP contribution is -2.17. The van der Waals surface area contributed by atoms with E-state index >= 15 is 0 Å². The van der Waals surface area contributed by atoms with Crippen LogP contribution in [-0.4, -0.2) is 29.8 Å². The number of ether oxygens (including phenoxy) is 1. The van der Waals surface area contributed by atoms with Gasteiger partial charge in [-0.15, -0.1) is 0 Å². The Hall–Kier alpha value is -1.89. The maximum absolute atomic E-state index is 13.6. The summed E-state index contributed by atoms with van der Waals surface area (Å²) in [6.45, 7) is 1.67. The van der Waals surface area contributed by atoms with E-state index in [-0.39, 0.29) is 24.1 Å². The highest BCUT2D eigenvalue weighted by atomic mass is 19.1. The van der Waals surface area contributed by atoms with Crippen molar-refractivity contribution in [1.82, 2.24) is 0 Å². The Morgan fingerprint density at radius 3 is 2.78 bits per heavy atom. The van der Waals surface area contributed by atoms with Crippen LogP contribution in [0.5, 0.6) is 5.75 Å². The van der Waals surface area contributed by atoms with Gasteiger partial charge in [-0.25, -0.2) is 0 Å². The minimum absolute atomic E-state index is 0.0396. The van der Waals surface area contributed by atoms with Gasteiger partial charge in [0.2, 0.25) is 5.82 Å². The molecule has 7 heteroatoms. The van der Waals surface area contributed by atoms with Crippen LogP contribution in [-0.2, 0) is 0 Å². The number of rotatable bonds is 6. The number of hydrogen-bond donors (Lipinski definition) is 2. The number of anilines is 1. The molecule has 0 fully saturated rings. The van der Waals surface area contributed by atoms with Gasteiger partial charge in [0.1, 0.15) is 11.4 Å². The average molecular weight is 258 g/mol. The second-order valence-electron chi connectivity index (χ2n) is 3.82. The third kappa shape index (κ3) is 3.30. The van der Waals surface area contributed by atoms with E-state index in [2.05, 4.69) is 5.32 Å². The fourth-order valence-corrected chi connectivity index (χ4v) is 1.52. The Balaban J connectivity index is 3.13. The summed E-state index contributed by atoms with van der Waals surface area (Å²) in [7, 11) is 1.35. The normalized spacial score (nSPS) is 12.0. The van der Waals surface area contributed by atoms with Crippen molar-refractivity contribution in [2.75, 3.05) is 19.0 Å². The molecule has 1 rings (SSSR count). The Bertz CT molecular complexity index is 439. The molecular formula is C11H15FN2O4. The molecule has 2 N–H and O–H groups in total. The van der Waals surface area contributed by atoms with Crippen LogP contribution >= 0.6 is 0 Å². The number of halogens is 1. The topological polar surface area (TPSA) is 84.6 Å². The molecule has 0 aromatic heterocycles. The van der Waals surface area contributed by atoms with E-state index in [1.54, 1.807) is 6.92 Å². The average Bonchev–Trinajstić information content (AvgIpc) is 2.27. The van der Waals surface area contributed by atoms with E-state index in [1.807, 2.05) is 0 Å². The van der Waals surface area contributed by atoms with Crippen molar-refractivity contribution < 1.29 is 19.2 Å². The molecule has 0 amide bonds. The van der Waals surface area contributed by atoms with Gasteiger partial charge in [-0.2, -0.15) is 4.39 Å². The molecule has 18 heavy (non-hydrogen) atoms. The van der Waals surface area contributed by atoms with E-state index in [1.165, 1.54) is 13.2 Å². The number of aliphatic hydroxyl groups is 1. The molecule has 0 aliphatic heterocycles. The minimum Gasteiger partial charge on any atom is -0.497 e. The zero-order chi connectivity index (χ0) is 13.7. The molecule has 0 radical (unpaired) electrons. The summed E-state index contributed by atoms with van der Waals surface area (Å²) < 4.78 is 18.4. The van der Waals surface area contributed by atoms with Crippen LogP contribution in [0.15, 0.2) is 12.1 Å². The highest BCUT2D eigenvalue weighted by molar-refractivity contribution is 5.65. The van der Waals surface area contributed by atoms with Crippen LogP contribution in [0, 0.1) is 15.9 Å². The summed E-state index contributed by atoms with van der Waals surface area (Å²) >= 11 is 0. The van der Waals surface area contributed by atoms with Crippen molar-refractivity contribution in [3.05, 3.63) is 28.1 Å². The second kappa shape index (κ2) is 6.15. The molecule has 100 valence electrons. The van der Waals surface area contributed by atoms with Crippen LogP contribution in [0.1, 0.15) is 13.3 Å². The molecule has 0 aliphatic rings. The molecule has 0 bridgehead atoms. The molecule has 0 heterocycles. The van der Waals surface area contributed by atoms with Crippen molar-refractivity contribution in [2.45, 2.75) is 19.4 Å². The van der Waals surface area contributed by atoms with E-state index in [0.717, 1.165) is 6.07 Å². The van der Waals surface area contributed by atoms with Crippen molar-refractivity contribution >= 4 is 11.4 Å². The highest BCUT2D eigenvalue weighted by Crippen LogP contribution is 2.32. The first-order chi connectivity index (χ1) is 8.49. The number of hydrogen-bond acceptors (Lipinski definition) is 5. The van der Waals surface area contributed by atoms with Gasteiger partial charge < -0.3 is 15.2 Å². The van der Waals surface area contributed by atoms with Crippen molar-refractivity contribution in [3.8, 4) is 5.75 Å². The Kier molecular flexibility index (Phi) is 4.85. The number of benzene rings is 1. The van der Waals surface area contributed by atoms with Crippen LogP contribution in [0.25, 0.3) is 0 Å². The molecule has 1 aromatic carbocycles. The maximum atomic E-state index is 13.6. The fourth-order valence-electron chi connectivity index (χ4n) is 1.52. The molecule has 0 spiro atoms. The molecule has 1 unspecified atom stereocenters. The molecule has 0 aliphatic carbocycles. The predicted octanol–water partition coefficient (Wildman–Crippen LogP) is 1.93. The third-order valence-electron chi connectivity index (χ3n) is 2.42. The standard InChI is InChI=1S/C11H15FN2O4/c1-7(3-4-15)13-10-6-8(18-2)5-9(12)11(10)14(16)17/h5-7,13,15H,3-4H2,1-2H3. The van der Waals surface area contributed by atoms with Crippen LogP contribution in [0.2, 0.25) is 0 Å². The predicted molar refractivity (Wildman–Crippen MR) is 64.4 cm³/mol. The van der Waals surface area contributed by atoms with Crippen LogP contribution in [0.3, 0.4) is 0 Å². The number of nitrogens with one attached hydrogen (secondary N) is 1. The smallest absolute Gasteiger partial charge is 0.327 e. The number of nitrogens with zero attached hydrogens (tertiary/aromatic N) is 1. The van der Waals surface area contributed by atoms with Crippen molar-refractivity contribution in [1.29, 1.82) is 0 Å². The van der Waals surface area contributed by atoms with Gasteiger partial charge in [-0.05, 0) is 13.3 Å². The summed E-state index contributed by atoms with van der Waals surface area (Å²) in [6.07, 6.45) is 0.399. The van der Waals surface area contributed by atoms with E-state index in [0.29, 0.717) is 6.42 Å². The van der Waals surface area contributed by atoms with Gasteiger partial charge in [-0.3, -0.25) is 10.1 Å². The van der Waals surface area contributed by atoms with Gasteiger partial charge in [0.05, 0.1) is 12.0 Å². The number of methoxy groups -OCH3 is 1. The Labute approximate surface area is 104 Å². The Morgan fingerprint density at radius 1 is 1.61 bits per heavy atom. The summed E-state index contributed by atoms with van der Waals surface area (Å²) in [5.41, 5.74) is -0.585. The summed E-state index contributed by atoms with van der Waals surface area (Å²) in [4.78, 5) is 10.0. The highest BCUT2D eigenvalue weighted by Gasteiger charge is 2.23. The third-order valence-corrected chi connectivity index (χ3v) is 2.42. The first kappa shape index (κ1) is 14.2. The molecule has 0 saturated carbocycles. The van der Waals surface area contributed by atoms with Crippen LogP contribution in [0.4, 0.5) is 15.8 Å². The van der Waals surface area contributed by atoms with E-state index in [9.17, 15) is 14.5 Å². The zero-order valence-corrected chi connectivity index (χ0v) is 10.1. The molecule has 0 saturated heterocycles. The van der Waals surface area contributed by atoms with Gasteiger partial charge in [0.25, 0.3) is 0 Å². The zero-order valence-electron chi connectivity index (χ0n) is 10.1. The van der Waals surface area contributed by atoms with E-state index < -0.39 is 16.4 Å². The first-order valence-corrected chi connectivity index (χ1v) is 5.39. The lowest BCUT2D eigenvalue weighted by atomic mass is 10.2. The SMILES string of the molecule is COc1cc(F)c([N+](=O)[O-])c(NC(C)CCO)c1. The largest absolute Gasteiger partial charge is 0.497 e. The van der Waals surface area contributed by atoms with Gasteiger partial charge >= 0.3 is 5.69 Å². The van der Waals surface area contributed by atoms with Crippen molar-refractivity contribution in [3.63, 3.8) is 0 Å². The van der Waals surface area contributed by atoms with Gasteiger partial charge in [0.15, 0.2) is 0 Å².